The van der Waals surface area contributed by atoms with Gasteiger partial charge in [0.25, 0.3) is 0 Å². The molecule has 0 unspecified atom stereocenters. The molecule has 0 saturated heterocycles. The van der Waals surface area contributed by atoms with Crippen molar-refractivity contribution in [3.8, 4) is 0 Å². The van der Waals surface area contributed by atoms with Gasteiger partial charge in [-0.25, -0.2) is 4.79 Å². The van der Waals surface area contributed by atoms with Gasteiger partial charge in [-0.05, 0) is 6.07 Å². The molecule has 1 heterocycles. The fourth-order valence-corrected chi connectivity index (χ4v) is 0.471. The Balaban J connectivity index is 2.58. The van der Waals surface area contributed by atoms with E-state index >= 15 is 0 Å². The normalized spacial score (nSPS) is 8.89. The third-order valence-electron chi connectivity index (χ3n) is 0.768. The zero-order valence-electron chi connectivity index (χ0n) is 4.63. The molecular formula is C5H6N2O2. The minimum absolute atomic E-state index is 0.363. The Kier molecular flexibility index (Phi) is 1.40. The first kappa shape index (κ1) is 5.68. The molecule has 4 nitrogen and oxygen atoms in total. The summed E-state index contributed by atoms with van der Waals surface area (Å²) in [6.07, 6.45) is 1.45. The van der Waals surface area contributed by atoms with E-state index in [0.29, 0.717) is 5.88 Å². The van der Waals surface area contributed by atoms with Crippen molar-refractivity contribution >= 4 is 11.9 Å². The van der Waals surface area contributed by atoms with Crippen molar-refractivity contribution in [2.75, 3.05) is 5.32 Å². The molecule has 1 aromatic heterocycles. The van der Waals surface area contributed by atoms with Crippen molar-refractivity contribution < 1.29 is 9.21 Å². The summed E-state index contributed by atoms with van der Waals surface area (Å²) in [5, 5.41) is 2.26. The van der Waals surface area contributed by atoms with Crippen LogP contribution in [0.2, 0.25) is 0 Å². The average Bonchev–Trinajstić information content (AvgIpc) is 2.15. The van der Waals surface area contributed by atoms with E-state index in [1.165, 1.54) is 6.26 Å². The van der Waals surface area contributed by atoms with Gasteiger partial charge in [0.2, 0.25) is 5.88 Å². The highest BCUT2D eigenvalue weighted by atomic mass is 16.3. The van der Waals surface area contributed by atoms with Gasteiger partial charge in [0.1, 0.15) is 0 Å². The molecule has 0 aliphatic rings. The Bertz CT molecular complexity index is 193. The fraction of sp³-hybridized carbons (Fsp3) is 0. The molecule has 0 aliphatic heterocycles. The first-order valence-corrected chi connectivity index (χ1v) is 2.39. The second-order valence-corrected chi connectivity index (χ2v) is 1.47. The molecule has 48 valence electrons. The number of anilines is 1. The van der Waals surface area contributed by atoms with E-state index in [9.17, 15) is 4.79 Å². The number of amides is 2. The van der Waals surface area contributed by atoms with E-state index in [4.69, 9.17) is 10.2 Å². The Hall–Kier alpha value is -1.45. The van der Waals surface area contributed by atoms with Crippen LogP contribution < -0.4 is 11.1 Å². The van der Waals surface area contributed by atoms with Gasteiger partial charge in [-0.1, -0.05) is 0 Å². The van der Waals surface area contributed by atoms with Crippen LogP contribution in [0.25, 0.3) is 0 Å². The summed E-state index contributed by atoms with van der Waals surface area (Å²) in [5.41, 5.74) is 4.77. The topological polar surface area (TPSA) is 68.3 Å². The highest BCUT2D eigenvalue weighted by Gasteiger charge is 1.94. The largest absolute Gasteiger partial charge is 0.449 e. The lowest BCUT2D eigenvalue weighted by Crippen LogP contribution is -2.18. The van der Waals surface area contributed by atoms with E-state index in [-0.39, 0.29) is 0 Å². The summed E-state index contributed by atoms with van der Waals surface area (Å²) in [7, 11) is 0. The monoisotopic (exact) mass is 126 g/mol. The molecule has 0 aliphatic carbocycles. The lowest BCUT2D eigenvalue weighted by atomic mass is 10.6. The molecule has 9 heavy (non-hydrogen) atoms. The van der Waals surface area contributed by atoms with Crippen LogP contribution in [0.1, 0.15) is 0 Å². The van der Waals surface area contributed by atoms with E-state index in [0.717, 1.165) is 0 Å². The molecule has 1 aromatic rings. The second-order valence-electron chi connectivity index (χ2n) is 1.47. The summed E-state index contributed by atoms with van der Waals surface area (Å²) in [6.45, 7) is 0. The molecule has 0 spiro atoms. The number of urea groups is 1. The number of hydrogen-bond donors (Lipinski definition) is 2. The third kappa shape index (κ3) is 1.49. The van der Waals surface area contributed by atoms with Crippen LogP contribution in [-0.2, 0) is 0 Å². The molecule has 0 radical (unpaired) electrons. The van der Waals surface area contributed by atoms with Gasteiger partial charge >= 0.3 is 6.03 Å². The van der Waals surface area contributed by atoms with Crippen LogP contribution in [-0.4, -0.2) is 6.03 Å². The summed E-state index contributed by atoms with van der Waals surface area (Å²) in [6, 6.07) is 2.64. The van der Waals surface area contributed by atoms with Gasteiger partial charge in [0.05, 0.1) is 6.26 Å². The van der Waals surface area contributed by atoms with E-state index < -0.39 is 6.03 Å². The number of carbonyl (C=O) groups is 1. The Labute approximate surface area is 51.6 Å². The lowest BCUT2D eigenvalue weighted by molar-refractivity contribution is 0.259. The van der Waals surface area contributed by atoms with Crippen molar-refractivity contribution in [2.24, 2.45) is 5.73 Å². The van der Waals surface area contributed by atoms with E-state index in [2.05, 4.69) is 5.32 Å². The van der Waals surface area contributed by atoms with Crippen LogP contribution in [0.4, 0.5) is 10.7 Å². The molecule has 4 heteroatoms. The number of furan rings is 1. The van der Waals surface area contributed by atoms with Crippen molar-refractivity contribution in [3.05, 3.63) is 18.4 Å². The molecule has 0 atom stereocenters. The predicted octanol–water partition coefficient (Wildman–Crippen LogP) is 0.770. The Morgan fingerprint density at radius 3 is 3.00 bits per heavy atom. The number of primary amides is 1. The molecule has 0 bridgehead atoms. The van der Waals surface area contributed by atoms with Crippen LogP contribution in [0.3, 0.4) is 0 Å². The van der Waals surface area contributed by atoms with Gasteiger partial charge < -0.3 is 10.2 Å². The maximum Gasteiger partial charge on any atom is 0.318 e. The summed E-state index contributed by atoms with van der Waals surface area (Å²) >= 11 is 0. The standard InChI is InChI=1S/C5H6N2O2/c6-5(8)7-4-2-1-3-9-4/h1-3H,(H3,6,7,8). The van der Waals surface area contributed by atoms with E-state index in [1.54, 1.807) is 12.1 Å². The Morgan fingerprint density at radius 2 is 2.56 bits per heavy atom. The summed E-state index contributed by atoms with van der Waals surface area (Å²) in [5.74, 6) is 0.363. The van der Waals surface area contributed by atoms with Gasteiger partial charge in [-0.2, -0.15) is 0 Å². The zero-order valence-corrected chi connectivity index (χ0v) is 4.63. The smallest absolute Gasteiger partial charge is 0.318 e. The van der Waals surface area contributed by atoms with Gasteiger partial charge in [0.15, 0.2) is 0 Å². The highest BCUT2D eigenvalue weighted by Crippen LogP contribution is 2.04. The zero-order chi connectivity index (χ0) is 6.69. The Morgan fingerprint density at radius 1 is 1.78 bits per heavy atom. The molecule has 0 fully saturated rings. The first-order valence-electron chi connectivity index (χ1n) is 2.39. The highest BCUT2D eigenvalue weighted by molar-refractivity contribution is 5.86. The van der Waals surface area contributed by atoms with Crippen LogP contribution >= 0.6 is 0 Å². The van der Waals surface area contributed by atoms with Gasteiger partial charge in [-0.15, -0.1) is 0 Å². The minimum atomic E-state index is -0.620. The maximum atomic E-state index is 10.1. The number of hydrogen-bond acceptors (Lipinski definition) is 2. The fourth-order valence-electron chi connectivity index (χ4n) is 0.471. The SMILES string of the molecule is NC(=O)Nc1ccco1. The predicted molar refractivity (Wildman–Crippen MR) is 31.9 cm³/mol. The number of rotatable bonds is 1. The maximum absolute atomic E-state index is 10.1. The van der Waals surface area contributed by atoms with Crippen molar-refractivity contribution in [2.45, 2.75) is 0 Å². The van der Waals surface area contributed by atoms with Gasteiger partial charge in [0, 0.05) is 6.07 Å². The molecule has 2 amide bonds. The van der Waals surface area contributed by atoms with Crippen LogP contribution in [0, 0.1) is 0 Å². The molecule has 0 saturated carbocycles. The van der Waals surface area contributed by atoms with Gasteiger partial charge in [-0.3, -0.25) is 5.32 Å². The second kappa shape index (κ2) is 2.21. The average molecular weight is 126 g/mol. The first-order chi connectivity index (χ1) is 4.29. The molecule has 0 aromatic carbocycles. The number of nitrogens with two attached hydrogens (primary N) is 1. The number of carbonyl (C=O) groups excluding carboxylic acids is 1. The third-order valence-corrected chi connectivity index (χ3v) is 0.768. The van der Waals surface area contributed by atoms with Crippen molar-refractivity contribution in [1.82, 2.24) is 0 Å². The molecule has 3 N–H and O–H groups in total. The van der Waals surface area contributed by atoms with E-state index in [1.807, 2.05) is 0 Å². The van der Waals surface area contributed by atoms with Crippen molar-refractivity contribution in [3.63, 3.8) is 0 Å². The summed E-state index contributed by atoms with van der Waals surface area (Å²) < 4.78 is 4.73. The quantitative estimate of drug-likeness (QED) is 0.583. The summed E-state index contributed by atoms with van der Waals surface area (Å²) in [4.78, 5) is 10.1. The minimum Gasteiger partial charge on any atom is -0.449 e. The molecular weight excluding hydrogens is 120 g/mol. The lowest BCUT2D eigenvalue weighted by Gasteiger charge is -1.91. The number of nitrogens with one attached hydrogen (secondary N) is 1. The van der Waals surface area contributed by atoms with Crippen LogP contribution in [0.15, 0.2) is 22.8 Å². The molecule has 1 rings (SSSR count). The van der Waals surface area contributed by atoms with Crippen molar-refractivity contribution in [1.29, 1.82) is 0 Å². The van der Waals surface area contributed by atoms with Crippen LogP contribution in [0.5, 0.6) is 0 Å².